The van der Waals surface area contributed by atoms with Crippen LogP contribution in [0, 0.1) is 12.8 Å². The lowest BCUT2D eigenvalue weighted by molar-refractivity contribution is 0.102. The summed E-state index contributed by atoms with van der Waals surface area (Å²) < 4.78 is 7.21. The number of carbonyl (C=O) groups excluding carboxylic acids is 1. The van der Waals surface area contributed by atoms with Crippen molar-refractivity contribution in [2.75, 3.05) is 18.4 Å². The molecule has 30 heavy (non-hydrogen) atoms. The van der Waals surface area contributed by atoms with Crippen LogP contribution in [-0.2, 0) is 6.42 Å². The predicted octanol–water partition coefficient (Wildman–Crippen LogP) is 3.10. The summed E-state index contributed by atoms with van der Waals surface area (Å²) in [5.74, 6) is 1.49. The van der Waals surface area contributed by atoms with E-state index in [1.807, 2.05) is 49.5 Å². The van der Waals surface area contributed by atoms with Gasteiger partial charge >= 0.3 is 0 Å². The van der Waals surface area contributed by atoms with Crippen LogP contribution >= 0.6 is 0 Å². The first-order chi connectivity index (χ1) is 14.7. The van der Waals surface area contributed by atoms with E-state index in [1.165, 1.54) is 0 Å². The summed E-state index contributed by atoms with van der Waals surface area (Å²) >= 11 is 0. The summed E-state index contributed by atoms with van der Waals surface area (Å²) in [7, 11) is 0. The molecule has 1 aliphatic rings. The molecule has 3 aromatic heterocycles. The third kappa shape index (κ3) is 3.57. The van der Waals surface area contributed by atoms with Gasteiger partial charge in [0.15, 0.2) is 0 Å². The molecule has 0 bridgehead atoms. The second-order valence-electron chi connectivity index (χ2n) is 7.63. The molecule has 1 aliphatic heterocycles. The summed E-state index contributed by atoms with van der Waals surface area (Å²) in [4.78, 5) is 21.7. The molecule has 1 aromatic carbocycles. The maximum absolute atomic E-state index is 12.9. The molecule has 1 atom stereocenters. The zero-order valence-corrected chi connectivity index (χ0v) is 16.6. The average Bonchev–Trinajstić information content (AvgIpc) is 3.50. The van der Waals surface area contributed by atoms with Crippen LogP contribution in [0.3, 0.4) is 0 Å². The van der Waals surface area contributed by atoms with Crippen molar-refractivity contribution in [2.24, 2.45) is 5.92 Å². The highest BCUT2D eigenvalue weighted by Crippen LogP contribution is 2.25. The Morgan fingerprint density at radius 2 is 2.27 bits per heavy atom. The number of aromatic nitrogens is 4. The quantitative estimate of drug-likeness (QED) is 0.532. The minimum atomic E-state index is -0.225. The van der Waals surface area contributed by atoms with Gasteiger partial charge in [-0.2, -0.15) is 4.98 Å². The van der Waals surface area contributed by atoms with E-state index in [9.17, 15) is 4.79 Å². The lowest BCUT2D eigenvalue weighted by atomic mass is 10.1. The Morgan fingerprint density at radius 1 is 1.33 bits per heavy atom. The Labute approximate surface area is 173 Å². The van der Waals surface area contributed by atoms with Crippen molar-refractivity contribution < 1.29 is 9.32 Å². The number of imidazole rings is 1. The number of carbonyl (C=O) groups is 1. The molecule has 5 rings (SSSR count). The van der Waals surface area contributed by atoms with Crippen LogP contribution < -0.4 is 10.6 Å². The average molecular weight is 402 g/mol. The predicted molar refractivity (Wildman–Crippen MR) is 112 cm³/mol. The van der Waals surface area contributed by atoms with Crippen LogP contribution in [0.5, 0.6) is 0 Å². The van der Waals surface area contributed by atoms with Crippen molar-refractivity contribution in [1.82, 2.24) is 24.8 Å². The molecule has 4 heterocycles. The molecule has 8 nitrogen and oxygen atoms in total. The van der Waals surface area contributed by atoms with Gasteiger partial charge in [0.2, 0.25) is 11.7 Å². The monoisotopic (exact) mass is 402 g/mol. The van der Waals surface area contributed by atoms with Crippen LogP contribution in [0.2, 0.25) is 0 Å². The fourth-order valence-electron chi connectivity index (χ4n) is 3.77. The first-order valence-corrected chi connectivity index (χ1v) is 10.0. The Hall–Kier alpha value is -3.52. The lowest BCUT2D eigenvalue weighted by Gasteiger charge is -2.09. The SMILES string of the molecule is Cc1ccc(-c2noc(C[C@H]3CCNC3)n2)cc1NC(=O)c1cnc2ccccn12. The largest absolute Gasteiger partial charge is 0.339 e. The van der Waals surface area contributed by atoms with Gasteiger partial charge < -0.3 is 15.2 Å². The van der Waals surface area contributed by atoms with Crippen LogP contribution in [0.1, 0.15) is 28.4 Å². The number of aryl methyl sites for hydroxylation is 1. The van der Waals surface area contributed by atoms with E-state index >= 15 is 0 Å². The van der Waals surface area contributed by atoms with Gasteiger partial charge in [0.25, 0.3) is 5.91 Å². The van der Waals surface area contributed by atoms with Crippen LogP contribution in [0.15, 0.2) is 53.3 Å². The molecule has 4 aromatic rings. The third-order valence-electron chi connectivity index (χ3n) is 5.49. The normalized spacial score (nSPS) is 16.2. The van der Waals surface area contributed by atoms with Crippen LogP contribution in [0.25, 0.3) is 17.0 Å². The molecule has 1 saturated heterocycles. The molecule has 8 heteroatoms. The number of hydrogen-bond acceptors (Lipinski definition) is 6. The van der Waals surface area contributed by atoms with E-state index < -0.39 is 0 Å². The molecular formula is C22H22N6O2. The van der Waals surface area contributed by atoms with Crippen molar-refractivity contribution >= 4 is 17.2 Å². The van der Waals surface area contributed by atoms with E-state index in [0.29, 0.717) is 29.0 Å². The van der Waals surface area contributed by atoms with Crippen molar-refractivity contribution in [3.63, 3.8) is 0 Å². The summed E-state index contributed by atoms with van der Waals surface area (Å²) in [6.45, 7) is 3.98. The zero-order chi connectivity index (χ0) is 20.5. The van der Waals surface area contributed by atoms with Gasteiger partial charge in [0.05, 0.1) is 6.20 Å². The first kappa shape index (κ1) is 18.5. The maximum atomic E-state index is 12.9. The molecular weight excluding hydrogens is 380 g/mol. The van der Waals surface area contributed by atoms with E-state index in [0.717, 1.165) is 42.7 Å². The molecule has 152 valence electrons. The van der Waals surface area contributed by atoms with Gasteiger partial charge in [-0.15, -0.1) is 0 Å². The molecule has 0 unspecified atom stereocenters. The van der Waals surface area contributed by atoms with Gasteiger partial charge in [-0.25, -0.2) is 4.98 Å². The second kappa shape index (κ2) is 7.72. The Morgan fingerprint density at radius 3 is 3.13 bits per heavy atom. The van der Waals surface area contributed by atoms with E-state index in [1.54, 1.807) is 10.6 Å². The Balaban J connectivity index is 1.37. The van der Waals surface area contributed by atoms with Gasteiger partial charge in [-0.05, 0) is 56.1 Å². The molecule has 2 N–H and O–H groups in total. The van der Waals surface area contributed by atoms with Gasteiger partial charge in [-0.3, -0.25) is 9.20 Å². The van der Waals surface area contributed by atoms with Gasteiger partial charge in [-0.1, -0.05) is 23.4 Å². The second-order valence-corrected chi connectivity index (χ2v) is 7.63. The maximum Gasteiger partial charge on any atom is 0.274 e. The fraction of sp³-hybridized carbons (Fsp3) is 0.273. The summed E-state index contributed by atoms with van der Waals surface area (Å²) in [6, 6.07) is 11.4. The van der Waals surface area contributed by atoms with E-state index in [2.05, 4.69) is 25.8 Å². The topological polar surface area (TPSA) is 97.4 Å². The van der Waals surface area contributed by atoms with Gasteiger partial charge in [0.1, 0.15) is 11.3 Å². The van der Waals surface area contributed by atoms with Crippen LogP contribution in [-0.4, -0.2) is 38.5 Å². The highest BCUT2D eigenvalue weighted by atomic mass is 16.5. The molecule has 0 radical (unpaired) electrons. The van der Waals surface area contributed by atoms with E-state index in [4.69, 9.17) is 4.52 Å². The lowest BCUT2D eigenvalue weighted by Crippen LogP contribution is -2.15. The van der Waals surface area contributed by atoms with E-state index in [-0.39, 0.29) is 5.91 Å². The highest BCUT2D eigenvalue weighted by molar-refractivity contribution is 6.04. The van der Waals surface area contributed by atoms with Crippen LogP contribution in [0.4, 0.5) is 5.69 Å². The summed E-state index contributed by atoms with van der Waals surface area (Å²) in [5, 5.41) is 10.5. The summed E-state index contributed by atoms with van der Waals surface area (Å²) in [6.07, 6.45) is 5.31. The molecule has 0 spiro atoms. The minimum absolute atomic E-state index is 0.225. The number of rotatable bonds is 5. The standard InChI is InChI=1S/C22H22N6O2/c1-14-5-6-16(21-26-20(30-27-21)10-15-7-8-23-12-15)11-17(14)25-22(29)18-13-24-19-4-2-3-9-28(18)19/h2-6,9,11,13,15,23H,7-8,10,12H2,1H3,(H,25,29)/t15-/m1/s1. The third-order valence-corrected chi connectivity index (χ3v) is 5.49. The smallest absolute Gasteiger partial charge is 0.274 e. The summed E-state index contributed by atoms with van der Waals surface area (Å²) in [5.41, 5.74) is 3.65. The van der Waals surface area contributed by atoms with Gasteiger partial charge in [0, 0.05) is 23.9 Å². The molecule has 1 fully saturated rings. The van der Waals surface area contributed by atoms with Crippen molar-refractivity contribution in [3.05, 3.63) is 65.9 Å². The fourth-order valence-corrected chi connectivity index (χ4v) is 3.77. The zero-order valence-electron chi connectivity index (χ0n) is 16.6. The minimum Gasteiger partial charge on any atom is -0.339 e. The van der Waals surface area contributed by atoms with Crippen molar-refractivity contribution in [2.45, 2.75) is 19.8 Å². The number of anilines is 1. The molecule has 1 amide bonds. The number of nitrogens with zero attached hydrogens (tertiary/aromatic N) is 4. The van der Waals surface area contributed by atoms with Crippen molar-refractivity contribution in [1.29, 1.82) is 0 Å². The molecule has 0 aliphatic carbocycles. The first-order valence-electron chi connectivity index (χ1n) is 10.0. The number of nitrogens with one attached hydrogen (secondary N) is 2. The Kier molecular flexibility index (Phi) is 4.76. The number of benzene rings is 1. The molecule has 0 saturated carbocycles. The highest BCUT2D eigenvalue weighted by Gasteiger charge is 2.19. The number of hydrogen-bond donors (Lipinski definition) is 2. The number of pyridine rings is 1. The van der Waals surface area contributed by atoms with Crippen molar-refractivity contribution in [3.8, 4) is 11.4 Å². The number of fused-ring (bicyclic) bond motifs is 1. The number of amides is 1. The Bertz CT molecular complexity index is 1210.